The van der Waals surface area contributed by atoms with Crippen molar-refractivity contribution >= 4 is 64.7 Å². The number of benzene rings is 3. The summed E-state index contributed by atoms with van der Waals surface area (Å²) < 4.78 is 25.6. The van der Waals surface area contributed by atoms with Crippen molar-refractivity contribution in [2.75, 3.05) is 28.4 Å². The normalized spacial score (nSPS) is 24.0. The monoisotopic (exact) mass is 752 g/mol. The molecule has 0 aromatic heterocycles. The van der Waals surface area contributed by atoms with Crippen LogP contribution in [-0.2, 0) is 42.9 Å². The van der Waals surface area contributed by atoms with Crippen molar-refractivity contribution in [2.45, 2.75) is 17.9 Å². The number of hydrogen-bond acceptors (Lipinski definition) is 12. The molecule has 3 aromatic rings. The number of fused-ring (bicyclic) bond motifs is 2. The largest absolute Gasteiger partial charge is 0.511 e. The van der Waals surface area contributed by atoms with Crippen molar-refractivity contribution in [3.05, 3.63) is 111 Å². The summed E-state index contributed by atoms with van der Waals surface area (Å²) in [6.07, 6.45) is 1.45. The van der Waals surface area contributed by atoms with E-state index in [-0.39, 0.29) is 17.7 Å². The Hall–Kier alpha value is -5.17. The third kappa shape index (κ3) is 7.01. The molecule has 14 heteroatoms. The van der Waals surface area contributed by atoms with E-state index in [2.05, 4.69) is 0 Å². The molecule has 6 atom stereocenters. The summed E-state index contributed by atoms with van der Waals surface area (Å²) in [7, 11) is 4.13. The van der Waals surface area contributed by atoms with Crippen LogP contribution < -0.4 is 4.74 Å². The van der Waals surface area contributed by atoms with Gasteiger partial charge in [0.2, 0.25) is 0 Å². The second-order valence-electron chi connectivity index (χ2n) is 12.2. The smallest absolute Gasteiger partial charge is 0.344 e. The van der Waals surface area contributed by atoms with Gasteiger partial charge in [0.05, 0.1) is 51.4 Å². The van der Waals surface area contributed by atoms with Crippen molar-refractivity contribution in [2.24, 2.45) is 23.7 Å². The van der Waals surface area contributed by atoms with Gasteiger partial charge >= 0.3 is 29.8 Å². The van der Waals surface area contributed by atoms with Crippen molar-refractivity contribution in [1.82, 2.24) is 0 Å². The highest BCUT2D eigenvalue weighted by Gasteiger charge is 2.71. The number of carbonyl (C=O) groups excluding carboxylic acids is 5. The zero-order valence-corrected chi connectivity index (χ0v) is 29.8. The van der Waals surface area contributed by atoms with E-state index in [0.717, 1.165) is 28.4 Å². The summed E-state index contributed by atoms with van der Waals surface area (Å²) in [4.78, 5) is 66.9. The van der Waals surface area contributed by atoms with Gasteiger partial charge in [-0.05, 0) is 65.6 Å². The van der Waals surface area contributed by atoms with Crippen LogP contribution in [0, 0.1) is 23.7 Å². The number of carbonyl (C=O) groups is 5. The SMILES string of the molecule is COC(=O)C1=C(O)C(C(=O)OC)[C@@]2(O)[C@@H](C(=O)OC)C(c3ccc(OC(=O)/C(=C/c4ccc(Cl)cc4)c4ccc(Cl)cc4)cc3)C[C@@H]1[C@@H]2C(=O)OC. The summed E-state index contributed by atoms with van der Waals surface area (Å²) >= 11 is 12.1. The van der Waals surface area contributed by atoms with Crippen LogP contribution in [0.5, 0.6) is 5.75 Å². The van der Waals surface area contributed by atoms with E-state index < -0.39 is 76.4 Å². The molecule has 1 saturated carbocycles. The lowest BCUT2D eigenvalue weighted by atomic mass is 9.49. The third-order valence-corrected chi connectivity index (χ3v) is 10.0. The second kappa shape index (κ2) is 15.6. The zero-order valence-electron chi connectivity index (χ0n) is 28.3. The molecular formula is C38H34Cl2O12. The fraction of sp³-hybridized carbons (Fsp3) is 0.289. The highest BCUT2D eigenvalue weighted by atomic mass is 35.5. The fourth-order valence-corrected chi connectivity index (χ4v) is 7.48. The number of rotatable bonds is 9. The Balaban J connectivity index is 1.56. The zero-order chi connectivity index (χ0) is 37.9. The molecule has 2 unspecified atom stereocenters. The number of halogens is 2. The molecule has 0 aliphatic heterocycles. The number of aliphatic hydroxyl groups is 2. The first-order valence-electron chi connectivity index (χ1n) is 15.8. The van der Waals surface area contributed by atoms with Crippen LogP contribution in [0.15, 0.2) is 84.1 Å². The molecule has 0 radical (unpaired) electrons. The fourth-order valence-electron chi connectivity index (χ4n) is 7.22. The number of esters is 5. The van der Waals surface area contributed by atoms with Crippen molar-refractivity contribution in [3.63, 3.8) is 0 Å². The number of methoxy groups -OCH3 is 4. The van der Waals surface area contributed by atoms with E-state index in [1.807, 2.05) is 0 Å². The van der Waals surface area contributed by atoms with Gasteiger partial charge in [-0.2, -0.15) is 0 Å². The first-order valence-corrected chi connectivity index (χ1v) is 16.6. The van der Waals surface area contributed by atoms with Gasteiger partial charge in [-0.15, -0.1) is 0 Å². The quantitative estimate of drug-likeness (QED) is 0.0947. The molecule has 12 nitrogen and oxygen atoms in total. The van der Waals surface area contributed by atoms with Crippen molar-refractivity contribution in [3.8, 4) is 5.75 Å². The number of hydrogen-bond donors (Lipinski definition) is 2. The Labute approximate surface area is 308 Å². The Morgan fingerprint density at radius 2 is 1.23 bits per heavy atom. The highest BCUT2D eigenvalue weighted by Crippen LogP contribution is 2.60. The van der Waals surface area contributed by atoms with Crippen LogP contribution >= 0.6 is 23.2 Å². The van der Waals surface area contributed by atoms with E-state index in [4.69, 9.17) is 46.9 Å². The summed E-state index contributed by atoms with van der Waals surface area (Å²) in [5, 5.41) is 24.8. The first kappa shape index (κ1) is 38.1. The molecule has 0 amide bonds. The van der Waals surface area contributed by atoms with E-state index in [1.165, 1.54) is 24.3 Å². The topological polar surface area (TPSA) is 172 Å². The van der Waals surface area contributed by atoms with Gasteiger partial charge in [0.25, 0.3) is 0 Å². The van der Waals surface area contributed by atoms with Crippen LogP contribution in [0.2, 0.25) is 10.0 Å². The average Bonchev–Trinajstić information content (AvgIpc) is 3.14. The van der Waals surface area contributed by atoms with Gasteiger partial charge in [0.1, 0.15) is 23.0 Å². The predicted octanol–water partition coefficient (Wildman–Crippen LogP) is 5.34. The lowest BCUT2D eigenvalue weighted by Gasteiger charge is -2.55. The summed E-state index contributed by atoms with van der Waals surface area (Å²) in [5.41, 5.74) is -1.35. The molecule has 2 bridgehead atoms. The molecule has 2 N–H and O–H groups in total. The summed E-state index contributed by atoms with van der Waals surface area (Å²) in [5.74, 6) is -13.6. The van der Waals surface area contributed by atoms with Crippen LogP contribution in [0.4, 0.5) is 0 Å². The molecular weight excluding hydrogens is 719 g/mol. The maximum Gasteiger partial charge on any atom is 0.344 e. The molecule has 272 valence electrons. The predicted molar refractivity (Wildman–Crippen MR) is 187 cm³/mol. The molecule has 2 aliphatic carbocycles. The minimum atomic E-state index is -2.70. The molecule has 1 fully saturated rings. The van der Waals surface area contributed by atoms with Gasteiger partial charge in [-0.25, -0.2) is 9.59 Å². The molecule has 0 spiro atoms. The highest BCUT2D eigenvalue weighted by molar-refractivity contribution is 6.31. The molecule has 5 rings (SSSR count). The Morgan fingerprint density at radius 3 is 1.75 bits per heavy atom. The lowest BCUT2D eigenvalue weighted by Crippen LogP contribution is -2.68. The molecule has 0 saturated heterocycles. The average molecular weight is 754 g/mol. The van der Waals surface area contributed by atoms with Gasteiger partial charge in [-0.3, -0.25) is 14.4 Å². The third-order valence-electron chi connectivity index (χ3n) is 9.52. The van der Waals surface area contributed by atoms with E-state index in [1.54, 1.807) is 54.6 Å². The Kier molecular flexibility index (Phi) is 11.4. The number of ether oxygens (including phenoxy) is 5. The van der Waals surface area contributed by atoms with Gasteiger partial charge < -0.3 is 33.9 Å². The molecule has 52 heavy (non-hydrogen) atoms. The van der Waals surface area contributed by atoms with Crippen LogP contribution in [0.1, 0.15) is 29.0 Å². The van der Waals surface area contributed by atoms with Crippen molar-refractivity contribution in [1.29, 1.82) is 0 Å². The molecule has 2 aliphatic rings. The summed E-state index contributed by atoms with van der Waals surface area (Å²) in [6, 6.07) is 19.4. The molecule has 0 heterocycles. The maximum atomic E-state index is 13.6. The first-order chi connectivity index (χ1) is 24.8. The minimum Gasteiger partial charge on any atom is -0.511 e. The second-order valence-corrected chi connectivity index (χ2v) is 13.0. The van der Waals surface area contributed by atoms with Crippen LogP contribution in [0.25, 0.3) is 11.6 Å². The Morgan fingerprint density at radius 1 is 0.712 bits per heavy atom. The van der Waals surface area contributed by atoms with Gasteiger partial charge in [0.15, 0.2) is 0 Å². The van der Waals surface area contributed by atoms with Crippen LogP contribution in [-0.4, -0.2) is 74.1 Å². The molecule has 3 aromatic carbocycles. The van der Waals surface area contributed by atoms with Gasteiger partial charge in [0, 0.05) is 21.9 Å². The van der Waals surface area contributed by atoms with Gasteiger partial charge in [-0.1, -0.05) is 59.6 Å². The van der Waals surface area contributed by atoms with E-state index in [9.17, 15) is 34.2 Å². The maximum absolute atomic E-state index is 13.6. The summed E-state index contributed by atoms with van der Waals surface area (Å²) in [6.45, 7) is 0. The minimum absolute atomic E-state index is 0.113. The Bertz CT molecular complexity index is 1940. The van der Waals surface area contributed by atoms with Crippen LogP contribution in [0.3, 0.4) is 0 Å². The number of aliphatic hydroxyl groups excluding tert-OH is 1. The van der Waals surface area contributed by atoms with E-state index in [0.29, 0.717) is 26.7 Å². The van der Waals surface area contributed by atoms with Crippen molar-refractivity contribution < 1.29 is 57.9 Å². The van der Waals surface area contributed by atoms with E-state index >= 15 is 0 Å². The lowest BCUT2D eigenvalue weighted by molar-refractivity contribution is -0.208. The standard InChI is InChI=1S/C38H34Cl2O12/c1-48-34(43)28-27-18-25(29(35(44)49-2)38(47,30(27)36(45)50-3)31(32(28)41)37(46)51-4)20-9-15-24(16-10-20)52-33(42)26(21-7-13-23(40)14-8-21)17-19-5-11-22(39)12-6-19/h5-17,25,27,29-31,41,47H,18H2,1-4H3/b26-17+/t25?,27-,29+,30+,31?,38+/m0/s1.